The maximum atomic E-state index is 4.54. The monoisotopic (exact) mass is 356 g/mol. The van der Waals surface area contributed by atoms with Crippen LogP contribution in [0.5, 0.6) is 0 Å². The van der Waals surface area contributed by atoms with Crippen molar-refractivity contribution in [1.82, 2.24) is 20.0 Å². The van der Waals surface area contributed by atoms with Gasteiger partial charge in [0, 0.05) is 37.9 Å². The molecule has 1 atom stereocenters. The van der Waals surface area contributed by atoms with Gasteiger partial charge in [-0.25, -0.2) is 4.68 Å². The van der Waals surface area contributed by atoms with Crippen LogP contribution in [0.3, 0.4) is 0 Å². The highest BCUT2D eigenvalue weighted by atomic mass is 35.5. The summed E-state index contributed by atoms with van der Waals surface area (Å²) in [6.45, 7) is 10.7. The number of nitrogens with one attached hydrogen (secondary N) is 1. The molecule has 4 nitrogen and oxygen atoms in total. The van der Waals surface area contributed by atoms with Gasteiger partial charge in [0.15, 0.2) is 0 Å². The average Bonchev–Trinajstić information content (AvgIpc) is 2.81. The molecule has 1 aromatic heterocycles. The number of hydrogen-bond donors (Lipinski definition) is 1. The van der Waals surface area contributed by atoms with E-state index in [1.165, 1.54) is 11.3 Å². The first kappa shape index (κ1) is 20.0. The minimum absolute atomic E-state index is 0. The minimum Gasteiger partial charge on any atom is -0.314 e. The Hall–Kier alpha value is -1.07. The summed E-state index contributed by atoms with van der Waals surface area (Å²) in [5, 5.41) is 7.97. The third kappa shape index (κ3) is 4.70. The predicted molar refractivity (Wildman–Crippen MR) is 100 cm³/mol. The van der Waals surface area contributed by atoms with Gasteiger partial charge in [0.1, 0.15) is 0 Å². The Kier molecular flexibility index (Phi) is 7.55. The fourth-order valence-corrected chi connectivity index (χ4v) is 2.99. The zero-order valence-electron chi connectivity index (χ0n) is 14.0. The highest BCUT2D eigenvalue weighted by Gasteiger charge is 2.17. The van der Waals surface area contributed by atoms with Crippen LogP contribution in [-0.4, -0.2) is 40.4 Å². The van der Waals surface area contributed by atoms with Gasteiger partial charge in [-0.05, 0) is 44.5 Å². The number of halogens is 2. The Morgan fingerprint density at radius 3 is 2.43 bits per heavy atom. The molecular weight excluding hydrogens is 331 g/mol. The number of aryl methyl sites for hydroxylation is 2. The molecule has 1 aliphatic rings. The van der Waals surface area contributed by atoms with Gasteiger partial charge in [-0.1, -0.05) is 12.1 Å². The Bertz CT molecular complexity index is 610. The summed E-state index contributed by atoms with van der Waals surface area (Å²) in [5.74, 6) is 0. The lowest BCUT2D eigenvalue weighted by molar-refractivity contribution is 0.165. The van der Waals surface area contributed by atoms with Gasteiger partial charge in [0.25, 0.3) is 0 Å². The van der Waals surface area contributed by atoms with Crippen LogP contribution in [-0.2, 0) is 6.54 Å². The number of rotatable bonds is 3. The molecule has 0 amide bonds. The van der Waals surface area contributed by atoms with Crippen molar-refractivity contribution in [2.75, 3.05) is 19.6 Å². The van der Waals surface area contributed by atoms with Gasteiger partial charge in [-0.3, -0.25) is 4.90 Å². The van der Waals surface area contributed by atoms with E-state index in [9.17, 15) is 0 Å². The molecule has 1 saturated heterocycles. The maximum absolute atomic E-state index is 4.54. The van der Waals surface area contributed by atoms with Crippen LogP contribution in [0.2, 0.25) is 0 Å². The second kappa shape index (κ2) is 8.69. The van der Waals surface area contributed by atoms with E-state index in [1.807, 2.05) is 11.6 Å². The molecule has 1 fully saturated rings. The summed E-state index contributed by atoms with van der Waals surface area (Å²) >= 11 is 0. The normalized spacial score (nSPS) is 18.1. The SMILES string of the molecule is Cc1cc(C)n(-c2ccc(CN3CCNC[C@H]3C)cc2)n1.Cl.Cl. The number of aromatic nitrogens is 2. The summed E-state index contributed by atoms with van der Waals surface area (Å²) in [4.78, 5) is 2.54. The molecule has 23 heavy (non-hydrogen) atoms. The van der Waals surface area contributed by atoms with E-state index in [0.717, 1.165) is 37.6 Å². The van der Waals surface area contributed by atoms with Crippen molar-refractivity contribution < 1.29 is 0 Å². The van der Waals surface area contributed by atoms with Crippen molar-refractivity contribution in [2.45, 2.75) is 33.4 Å². The molecule has 0 radical (unpaired) electrons. The number of hydrogen-bond acceptors (Lipinski definition) is 3. The average molecular weight is 357 g/mol. The number of nitrogens with zero attached hydrogens (tertiary/aromatic N) is 3. The quantitative estimate of drug-likeness (QED) is 0.916. The van der Waals surface area contributed by atoms with Crippen LogP contribution in [0.15, 0.2) is 30.3 Å². The molecule has 2 heterocycles. The number of benzene rings is 1. The molecule has 1 aromatic carbocycles. The van der Waals surface area contributed by atoms with Crippen LogP contribution in [0.4, 0.5) is 0 Å². The fourth-order valence-electron chi connectivity index (χ4n) is 2.99. The highest BCUT2D eigenvalue weighted by Crippen LogP contribution is 2.15. The van der Waals surface area contributed by atoms with E-state index in [1.54, 1.807) is 0 Å². The molecule has 6 heteroatoms. The van der Waals surface area contributed by atoms with E-state index >= 15 is 0 Å². The Labute approximate surface area is 151 Å². The van der Waals surface area contributed by atoms with Crippen molar-refractivity contribution in [3.8, 4) is 5.69 Å². The van der Waals surface area contributed by atoms with Crippen LogP contribution < -0.4 is 5.32 Å². The summed E-state index contributed by atoms with van der Waals surface area (Å²) in [6, 6.07) is 11.5. The maximum Gasteiger partial charge on any atom is 0.0648 e. The fraction of sp³-hybridized carbons (Fsp3) is 0.471. The van der Waals surface area contributed by atoms with E-state index in [-0.39, 0.29) is 24.8 Å². The van der Waals surface area contributed by atoms with Crippen molar-refractivity contribution in [3.05, 3.63) is 47.3 Å². The first-order valence-corrected chi connectivity index (χ1v) is 7.71. The summed E-state index contributed by atoms with van der Waals surface area (Å²) in [6.07, 6.45) is 0. The third-order valence-electron chi connectivity index (χ3n) is 4.22. The Morgan fingerprint density at radius 1 is 1.17 bits per heavy atom. The van der Waals surface area contributed by atoms with E-state index in [0.29, 0.717) is 6.04 Å². The first-order chi connectivity index (χ1) is 10.1. The number of piperazine rings is 1. The van der Waals surface area contributed by atoms with Crippen LogP contribution >= 0.6 is 24.8 Å². The second-order valence-corrected chi connectivity index (χ2v) is 6.03. The van der Waals surface area contributed by atoms with Gasteiger partial charge >= 0.3 is 0 Å². The minimum atomic E-state index is 0. The van der Waals surface area contributed by atoms with Crippen molar-refractivity contribution in [2.24, 2.45) is 0 Å². The third-order valence-corrected chi connectivity index (χ3v) is 4.22. The Balaban J connectivity index is 0.00000132. The van der Waals surface area contributed by atoms with Gasteiger partial charge in [0.2, 0.25) is 0 Å². The molecule has 0 unspecified atom stereocenters. The first-order valence-electron chi connectivity index (χ1n) is 7.71. The predicted octanol–water partition coefficient (Wildman–Crippen LogP) is 3.13. The van der Waals surface area contributed by atoms with E-state index < -0.39 is 0 Å². The molecule has 1 N–H and O–H groups in total. The van der Waals surface area contributed by atoms with E-state index in [2.05, 4.69) is 59.5 Å². The molecule has 0 spiro atoms. The van der Waals surface area contributed by atoms with Crippen molar-refractivity contribution in [1.29, 1.82) is 0 Å². The molecule has 0 bridgehead atoms. The summed E-state index contributed by atoms with van der Waals surface area (Å²) in [5.41, 5.74) is 4.74. The lowest BCUT2D eigenvalue weighted by Gasteiger charge is -2.33. The topological polar surface area (TPSA) is 33.1 Å². The molecule has 3 rings (SSSR count). The van der Waals surface area contributed by atoms with Crippen molar-refractivity contribution >= 4 is 24.8 Å². The molecule has 1 aliphatic heterocycles. The standard InChI is InChI=1S/C17H24N4.2ClH/c1-13-10-14(2)21(19-13)17-6-4-16(5-7-17)12-20-9-8-18-11-15(20)3;;/h4-7,10,15,18H,8-9,11-12H2,1-3H3;2*1H/t15-;;/m1../s1. The second-order valence-electron chi connectivity index (χ2n) is 6.03. The lowest BCUT2D eigenvalue weighted by Crippen LogP contribution is -2.49. The van der Waals surface area contributed by atoms with Gasteiger partial charge in [0.05, 0.1) is 11.4 Å². The highest BCUT2D eigenvalue weighted by molar-refractivity contribution is 5.85. The van der Waals surface area contributed by atoms with Crippen LogP contribution in [0.1, 0.15) is 23.9 Å². The smallest absolute Gasteiger partial charge is 0.0648 e. The van der Waals surface area contributed by atoms with E-state index in [4.69, 9.17) is 0 Å². The molecule has 0 aliphatic carbocycles. The summed E-state index contributed by atoms with van der Waals surface area (Å²) in [7, 11) is 0. The molecule has 0 saturated carbocycles. The van der Waals surface area contributed by atoms with Crippen LogP contribution in [0, 0.1) is 13.8 Å². The molecular formula is C17H26Cl2N4. The van der Waals surface area contributed by atoms with Crippen molar-refractivity contribution in [3.63, 3.8) is 0 Å². The molecule has 2 aromatic rings. The largest absolute Gasteiger partial charge is 0.314 e. The molecule has 128 valence electrons. The van der Waals surface area contributed by atoms with Gasteiger partial charge in [-0.15, -0.1) is 24.8 Å². The Morgan fingerprint density at radius 2 is 1.87 bits per heavy atom. The zero-order valence-corrected chi connectivity index (χ0v) is 15.6. The lowest BCUT2D eigenvalue weighted by atomic mass is 10.1. The van der Waals surface area contributed by atoms with Gasteiger partial charge < -0.3 is 5.32 Å². The zero-order chi connectivity index (χ0) is 14.8. The van der Waals surface area contributed by atoms with Crippen LogP contribution in [0.25, 0.3) is 5.69 Å². The summed E-state index contributed by atoms with van der Waals surface area (Å²) < 4.78 is 2.01. The van der Waals surface area contributed by atoms with Gasteiger partial charge in [-0.2, -0.15) is 5.10 Å².